The number of aromatic nitrogens is 1. The van der Waals surface area contributed by atoms with Crippen LogP contribution in [0.5, 0.6) is 11.5 Å². The summed E-state index contributed by atoms with van der Waals surface area (Å²) in [4.78, 5) is 24.6. The number of allylic oxidation sites excluding steroid dienone is 2. The summed E-state index contributed by atoms with van der Waals surface area (Å²) in [6, 6.07) is 7.84. The summed E-state index contributed by atoms with van der Waals surface area (Å²) < 4.78 is 12.6. The fourth-order valence-corrected chi connectivity index (χ4v) is 4.34. The Morgan fingerprint density at radius 1 is 1.30 bits per heavy atom. The number of hydrogen-bond donors (Lipinski definition) is 2. The van der Waals surface area contributed by atoms with E-state index in [0.29, 0.717) is 36.1 Å². The van der Waals surface area contributed by atoms with Crippen molar-refractivity contribution in [3.05, 3.63) is 64.4 Å². The number of nitrogens with one attached hydrogen (secondary N) is 1. The van der Waals surface area contributed by atoms with Gasteiger partial charge in [-0.15, -0.1) is 0 Å². The smallest absolute Gasteiger partial charge is 0.342 e. The van der Waals surface area contributed by atoms with E-state index in [4.69, 9.17) is 9.47 Å². The maximum Gasteiger partial charge on any atom is 0.342 e. The van der Waals surface area contributed by atoms with Crippen LogP contribution in [0.2, 0.25) is 0 Å². The van der Waals surface area contributed by atoms with Gasteiger partial charge in [0, 0.05) is 41.7 Å². The lowest BCUT2D eigenvalue weighted by atomic mass is 9.94. The number of cyclic esters (lactones) is 1. The van der Waals surface area contributed by atoms with Crippen molar-refractivity contribution < 1.29 is 24.2 Å². The molecule has 0 unspecified atom stereocenters. The van der Waals surface area contributed by atoms with Crippen LogP contribution in [0.4, 0.5) is 5.69 Å². The Morgan fingerprint density at radius 2 is 2.09 bits per heavy atom. The Hall–Kier alpha value is -3.74. The summed E-state index contributed by atoms with van der Waals surface area (Å²) in [6.45, 7) is 3.95. The highest BCUT2D eigenvalue weighted by Crippen LogP contribution is 2.42. The van der Waals surface area contributed by atoms with Crippen LogP contribution in [0.3, 0.4) is 0 Å². The van der Waals surface area contributed by atoms with Gasteiger partial charge in [-0.2, -0.15) is 0 Å². The molecule has 0 aliphatic carbocycles. The number of benzene rings is 2. The summed E-state index contributed by atoms with van der Waals surface area (Å²) in [5, 5.41) is 14.7. The lowest BCUT2D eigenvalue weighted by molar-refractivity contribution is -0.116. The molecule has 2 heterocycles. The number of hydrogen-bond acceptors (Lipinski definition) is 5. The molecule has 1 aliphatic rings. The van der Waals surface area contributed by atoms with E-state index in [1.807, 2.05) is 62.0 Å². The van der Waals surface area contributed by atoms with E-state index >= 15 is 0 Å². The van der Waals surface area contributed by atoms with Gasteiger partial charge in [-0.1, -0.05) is 17.7 Å². The first-order chi connectivity index (χ1) is 15.8. The predicted molar refractivity (Wildman–Crippen MR) is 127 cm³/mol. The Labute approximate surface area is 192 Å². The first-order valence-electron chi connectivity index (χ1n) is 10.9. The number of aromatic hydroxyl groups is 1. The van der Waals surface area contributed by atoms with Crippen LogP contribution in [-0.2, 0) is 29.6 Å². The van der Waals surface area contributed by atoms with Gasteiger partial charge in [-0.25, -0.2) is 4.79 Å². The van der Waals surface area contributed by atoms with Crippen molar-refractivity contribution >= 4 is 28.5 Å². The molecule has 33 heavy (non-hydrogen) atoms. The van der Waals surface area contributed by atoms with E-state index < -0.39 is 5.97 Å². The first kappa shape index (κ1) is 22.5. The van der Waals surface area contributed by atoms with Gasteiger partial charge < -0.3 is 24.5 Å². The second-order valence-corrected chi connectivity index (χ2v) is 8.38. The number of aryl methyl sites for hydroxylation is 1. The number of amides is 1. The molecule has 3 aromatic rings. The molecule has 1 aliphatic heterocycles. The number of rotatable bonds is 7. The highest BCUT2D eigenvalue weighted by Gasteiger charge is 2.31. The third kappa shape index (κ3) is 4.18. The first-order valence-corrected chi connectivity index (χ1v) is 10.9. The van der Waals surface area contributed by atoms with Gasteiger partial charge in [-0.05, 0) is 50.5 Å². The second kappa shape index (κ2) is 9.02. The number of ether oxygens (including phenoxy) is 2. The highest BCUT2D eigenvalue weighted by molar-refractivity contribution is 6.01. The second-order valence-electron chi connectivity index (χ2n) is 8.38. The van der Waals surface area contributed by atoms with E-state index in [1.54, 1.807) is 7.11 Å². The minimum atomic E-state index is -0.514. The topological polar surface area (TPSA) is 89.8 Å². The summed E-state index contributed by atoms with van der Waals surface area (Å²) >= 11 is 0. The van der Waals surface area contributed by atoms with E-state index in [0.717, 1.165) is 27.7 Å². The van der Waals surface area contributed by atoms with Crippen molar-refractivity contribution in [3.8, 4) is 11.5 Å². The number of anilines is 1. The Balaban J connectivity index is 1.44. The third-order valence-electron chi connectivity index (χ3n) is 6.25. The zero-order valence-corrected chi connectivity index (χ0v) is 19.3. The zero-order valence-electron chi connectivity index (χ0n) is 19.3. The molecule has 0 fully saturated rings. The van der Waals surface area contributed by atoms with E-state index in [1.165, 1.54) is 0 Å². The van der Waals surface area contributed by atoms with Crippen LogP contribution in [0, 0.1) is 6.92 Å². The normalized spacial score (nSPS) is 13.2. The number of carbonyl (C=O) groups excluding carboxylic acids is 2. The van der Waals surface area contributed by atoms with Crippen LogP contribution in [0.1, 0.15) is 46.8 Å². The minimum absolute atomic E-state index is 0.0596. The molecule has 2 aromatic carbocycles. The number of fused-ring (bicyclic) bond motifs is 2. The van der Waals surface area contributed by atoms with E-state index in [9.17, 15) is 14.7 Å². The predicted octanol–water partition coefficient (Wildman–Crippen LogP) is 4.78. The van der Waals surface area contributed by atoms with Gasteiger partial charge in [0.1, 0.15) is 23.7 Å². The third-order valence-corrected chi connectivity index (χ3v) is 6.25. The molecule has 0 radical (unpaired) electrons. The summed E-state index contributed by atoms with van der Waals surface area (Å²) in [7, 11) is 3.52. The molecule has 0 bridgehead atoms. The number of esters is 1. The van der Waals surface area contributed by atoms with Crippen molar-refractivity contribution in [1.82, 2.24) is 4.57 Å². The van der Waals surface area contributed by atoms with Crippen molar-refractivity contribution in [2.75, 3.05) is 12.4 Å². The summed E-state index contributed by atoms with van der Waals surface area (Å²) in [6.07, 6.45) is 5.22. The molecule has 1 aromatic heterocycles. The van der Waals surface area contributed by atoms with Crippen LogP contribution in [-0.4, -0.2) is 28.7 Å². The molecule has 0 spiro atoms. The highest BCUT2D eigenvalue weighted by atomic mass is 16.5. The van der Waals surface area contributed by atoms with Crippen molar-refractivity contribution in [2.24, 2.45) is 7.05 Å². The monoisotopic (exact) mass is 448 g/mol. The number of phenolic OH excluding ortho intramolecular Hbond substituents is 1. The summed E-state index contributed by atoms with van der Waals surface area (Å²) in [5.41, 5.74) is 5.11. The van der Waals surface area contributed by atoms with Crippen molar-refractivity contribution in [1.29, 1.82) is 0 Å². The van der Waals surface area contributed by atoms with Crippen LogP contribution in [0.15, 0.2) is 42.1 Å². The van der Waals surface area contributed by atoms with Crippen LogP contribution < -0.4 is 10.1 Å². The van der Waals surface area contributed by atoms with E-state index in [2.05, 4.69) is 5.32 Å². The molecule has 4 rings (SSSR count). The Morgan fingerprint density at radius 3 is 2.85 bits per heavy atom. The molecule has 7 nitrogen and oxygen atoms in total. The fourth-order valence-electron chi connectivity index (χ4n) is 4.34. The van der Waals surface area contributed by atoms with Crippen molar-refractivity contribution in [2.45, 2.75) is 39.7 Å². The average molecular weight is 449 g/mol. The standard InChI is InChI=1S/C26H28N2O5/c1-15(9-11-22(29)27-20-6-5-7-21-17(20)12-13-28(21)3)8-10-18-24(30)23-19(14-33-26(23)31)16(2)25(18)32-4/h5-8,12-13,30H,9-11,14H2,1-4H3,(H,27,29). The van der Waals surface area contributed by atoms with Gasteiger partial charge in [0.25, 0.3) is 0 Å². The van der Waals surface area contributed by atoms with Gasteiger partial charge in [-0.3, -0.25) is 4.79 Å². The number of methoxy groups -OCH3 is 1. The molecular weight excluding hydrogens is 420 g/mol. The average Bonchev–Trinajstić information content (AvgIpc) is 3.37. The lowest BCUT2D eigenvalue weighted by Gasteiger charge is -2.15. The van der Waals surface area contributed by atoms with Gasteiger partial charge >= 0.3 is 5.97 Å². The van der Waals surface area contributed by atoms with E-state index in [-0.39, 0.29) is 23.8 Å². The van der Waals surface area contributed by atoms with Crippen LogP contribution >= 0.6 is 0 Å². The van der Waals surface area contributed by atoms with Crippen molar-refractivity contribution in [3.63, 3.8) is 0 Å². The Bertz CT molecular complexity index is 1290. The molecule has 0 atom stereocenters. The number of carbonyl (C=O) groups is 2. The number of phenols is 1. The zero-order chi connectivity index (χ0) is 23.7. The Kier molecular flexibility index (Phi) is 6.14. The minimum Gasteiger partial charge on any atom is -0.507 e. The fraction of sp³-hybridized carbons (Fsp3) is 0.308. The molecule has 0 saturated carbocycles. The quantitative estimate of drug-likeness (QED) is 0.401. The molecule has 2 N–H and O–H groups in total. The molecule has 7 heteroatoms. The lowest BCUT2D eigenvalue weighted by Crippen LogP contribution is -2.11. The van der Waals surface area contributed by atoms with Gasteiger partial charge in [0.05, 0.1) is 12.8 Å². The van der Waals surface area contributed by atoms with Crippen LogP contribution in [0.25, 0.3) is 10.9 Å². The molecule has 172 valence electrons. The summed E-state index contributed by atoms with van der Waals surface area (Å²) in [5.74, 6) is -0.106. The maximum absolute atomic E-state index is 12.5. The number of nitrogens with zero attached hydrogens (tertiary/aromatic N) is 1. The maximum atomic E-state index is 12.5. The molecule has 1 amide bonds. The SMILES string of the molecule is COc1c(C)c2c(c(O)c1CC=C(C)CCC(=O)Nc1cccc3c1ccn3C)C(=O)OC2. The van der Waals surface area contributed by atoms with Gasteiger partial charge in [0.15, 0.2) is 0 Å². The molecular formula is C26H28N2O5. The van der Waals surface area contributed by atoms with Gasteiger partial charge in [0.2, 0.25) is 5.91 Å². The largest absolute Gasteiger partial charge is 0.507 e. The molecule has 0 saturated heterocycles.